The lowest BCUT2D eigenvalue weighted by molar-refractivity contribution is -0.120. The van der Waals surface area contributed by atoms with Gasteiger partial charge in [-0.1, -0.05) is 64.7 Å². The molecule has 24 heavy (non-hydrogen) atoms. The summed E-state index contributed by atoms with van der Waals surface area (Å²) in [5.41, 5.74) is 0. The molecule has 0 aromatic heterocycles. The Morgan fingerprint density at radius 2 is 1.62 bits per heavy atom. The second-order valence-electron chi connectivity index (χ2n) is 6.40. The van der Waals surface area contributed by atoms with Gasteiger partial charge in [0.2, 0.25) is 5.91 Å². The minimum absolute atomic E-state index is 0.0361. The van der Waals surface area contributed by atoms with Crippen LogP contribution in [-0.2, 0) is 9.53 Å². The first-order chi connectivity index (χ1) is 11.7. The van der Waals surface area contributed by atoms with E-state index in [9.17, 15) is 4.79 Å². The van der Waals surface area contributed by atoms with E-state index >= 15 is 0 Å². The fourth-order valence-corrected chi connectivity index (χ4v) is 3.50. The summed E-state index contributed by atoms with van der Waals surface area (Å²) in [6.07, 6.45) is 13.6. The zero-order valence-electron chi connectivity index (χ0n) is 15.9. The number of rotatable bonds is 18. The number of hydrogen-bond acceptors (Lipinski definition) is 4. The summed E-state index contributed by atoms with van der Waals surface area (Å²) in [6.45, 7) is 3.09. The maximum atomic E-state index is 11.7. The number of carbonyl (C=O) groups excluding carboxylic acids is 1. The largest absolute Gasteiger partial charge is 0.394 e. The summed E-state index contributed by atoms with van der Waals surface area (Å²) >= 11 is 1.65. The summed E-state index contributed by atoms with van der Waals surface area (Å²) in [5, 5.41) is 12.0. The molecular weight excluding hydrogens is 322 g/mol. The highest BCUT2D eigenvalue weighted by molar-refractivity contribution is 7.99. The van der Waals surface area contributed by atoms with Crippen LogP contribution < -0.4 is 5.32 Å². The van der Waals surface area contributed by atoms with Crippen LogP contribution in [0.3, 0.4) is 0 Å². The van der Waals surface area contributed by atoms with Gasteiger partial charge >= 0.3 is 0 Å². The summed E-state index contributed by atoms with van der Waals surface area (Å²) in [6, 6.07) is 0. The SMILES string of the molecule is CCCCCCCCCCCCNC(=O)CCSCC(CO)OC. The van der Waals surface area contributed by atoms with Crippen molar-refractivity contribution >= 4 is 17.7 Å². The van der Waals surface area contributed by atoms with Crippen molar-refractivity contribution in [3.05, 3.63) is 0 Å². The molecule has 0 fully saturated rings. The number of ether oxygens (including phenoxy) is 1. The molecule has 0 aromatic carbocycles. The maximum Gasteiger partial charge on any atom is 0.220 e. The predicted molar refractivity (Wildman–Crippen MR) is 105 cm³/mol. The first-order valence-electron chi connectivity index (χ1n) is 9.72. The van der Waals surface area contributed by atoms with Crippen molar-refractivity contribution in [3.63, 3.8) is 0 Å². The predicted octanol–water partition coefficient (Wildman–Crippen LogP) is 4.15. The third-order valence-electron chi connectivity index (χ3n) is 4.17. The Bertz CT molecular complexity index is 273. The number of thioether (sulfide) groups is 1. The number of aliphatic hydroxyl groups is 1. The first-order valence-corrected chi connectivity index (χ1v) is 10.9. The lowest BCUT2D eigenvalue weighted by atomic mass is 10.1. The van der Waals surface area contributed by atoms with Crippen LogP contribution >= 0.6 is 11.8 Å². The molecule has 144 valence electrons. The summed E-state index contributed by atoms with van der Waals surface area (Å²) in [4.78, 5) is 11.7. The number of nitrogens with one attached hydrogen (secondary N) is 1. The molecule has 0 aliphatic rings. The van der Waals surface area contributed by atoms with Crippen molar-refractivity contribution < 1.29 is 14.6 Å². The van der Waals surface area contributed by atoms with Crippen LogP contribution in [0, 0.1) is 0 Å². The van der Waals surface area contributed by atoms with Crippen LogP contribution in [0.4, 0.5) is 0 Å². The highest BCUT2D eigenvalue weighted by Crippen LogP contribution is 2.10. The van der Waals surface area contributed by atoms with Crippen molar-refractivity contribution in [1.29, 1.82) is 0 Å². The van der Waals surface area contributed by atoms with Gasteiger partial charge in [-0.2, -0.15) is 11.8 Å². The highest BCUT2D eigenvalue weighted by Gasteiger charge is 2.06. The molecule has 0 bridgehead atoms. The number of amides is 1. The van der Waals surface area contributed by atoms with E-state index in [0.29, 0.717) is 6.42 Å². The third-order valence-corrected chi connectivity index (χ3v) is 5.27. The van der Waals surface area contributed by atoms with E-state index in [1.807, 2.05) is 0 Å². The van der Waals surface area contributed by atoms with Crippen LogP contribution in [0.5, 0.6) is 0 Å². The average molecular weight is 362 g/mol. The molecule has 0 aromatic rings. The Labute approximate surface area is 153 Å². The van der Waals surface area contributed by atoms with Crippen molar-refractivity contribution in [3.8, 4) is 0 Å². The van der Waals surface area contributed by atoms with Crippen LogP contribution in [-0.4, -0.2) is 48.9 Å². The molecule has 1 unspecified atom stereocenters. The molecule has 1 atom stereocenters. The molecule has 0 rings (SSSR count). The Hall–Kier alpha value is -0.260. The third kappa shape index (κ3) is 16.6. The van der Waals surface area contributed by atoms with E-state index in [1.54, 1.807) is 18.9 Å². The second-order valence-corrected chi connectivity index (χ2v) is 7.55. The zero-order valence-corrected chi connectivity index (χ0v) is 16.7. The topological polar surface area (TPSA) is 58.6 Å². The lowest BCUT2D eigenvalue weighted by Gasteiger charge is -2.11. The van der Waals surface area contributed by atoms with Crippen molar-refractivity contribution in [2.45, 2.75) is 83.7 Å². The number of carbonyl (C=O) groups is 1. The maximum absolute atomic E-state index is 11.7. The van der Waals surface area contributed by atoms with Gasteiger partial charge in [0, 0.05) is 31.6 Å². The van der Waals surface area contributed by atoms with Gasteiger partial charge in [0.05, 0.1) is 12.7 Å². The van der Waals surface area contributed by atoms with Gasteiger partial charge in [-0.25, -0.2) is 0 Å². The fraction of sp³-hybridized carbons (Fsp3) is 0.947. The molecule has 0 radical (unpaired) electrons. The molecule has 0 spiro atoms. The average Bonchev–Trinajstić information content (AvgIpc) is 2.60. The molecule has 0 saturated heterocycles. The molecule has 0 saturated carbocycles. The molecule has 2 N–H and O–H groups in total. The highest BCUT2D eigenvalue weighted by atomic mass is 32.2. The number of methoxy groups -OCH3 is 1. The summed E-state index contributed by atoms with van der Waals surface area (Å²) in [7, 11) is 1.60. The monoisotopic (exact) mass is 361 g/mol. The van der Waals surface area contributed by atoms with Gasteiger partial charge in [0.1, 0.15) is 0 Å². The molecule has 0 aliphatic carbocycles. The minimum Gasteiger partial charge on any atom is -0.394 e. The fourth-order valence-electron chi connectivity index (χ4n) is 2.50. The van der Waals surface area contributed by atoms with Crippen molar-refractivity contribution in [2.24, 2.45) is 0 Å². The number of hydrogen-bond donors (Lipinski definition) is 2. The Balaban J connectivity index is 3.23. The van der Waals surface area contributed by atoms with Gasteiger partial charge in [-0.15, -0.1) is 0 Å². The van der Waals surface area contributed by atoms with Crippen LogP contribution in [0.25, 0.3) is 0 Å². The molecule has 4 nitrogen and oxygen atoms in total. The number of aliphatic hydroxyl groups excluding tert-OH is 1. The molecule has 1 amide bonds. The second kappa shape index (κ2) is 19.1. The normalized spacial score (nSPS) is 12.3. The quantitative estimate of drug-likeness (QED) is 0.360. The lowest BCUT2D eigenvalue weighted by Crippen LogP contribution is -2.25. The Morgan fingerprint density at radius 1 is 1.04 bits per heavy atom. The van der Waals surface area contributed by atoms with Crippen LogP contribution in [0.15, 0.2) is 0 Å². The van der Waals surface area contributed by atoms with Gasteiger partial charge < -0.3 is 15.2 Å². The van der Waals surface area contributed by atoms with E-state index < -0.39 is 0 Å². The van der Waals surface area contributed by atoms with E-state index in [-0.39, 0.29) is 18.6 Å². The minimum atomic E-state index is -0.121. The van der Waals surface area contributed by atoms with Gasteiger partial charge in [0.15, 0.2) is 0 Å². The molecule has 5 heteroatoms. The summed E-state index contributed by atoms with van der Waals surface area (Å²) in [5.74, 6) is 1.65. The van der Waals surface area contributed by atoms with E-state index in [0.717, 1.165) is 24.5 Å². The molecule has 0 aliphatic heterocycles. The van der Waals surface area contributed by atoms with Crippen molar-refractivity contribution in [2.75, 3.05) is 31.8 Å². The van der Waals surface area contributed by atoms with E-state index in [1.165, 1.54) is 57.8 Å². The number of unbranched alkanes of at least 4 members (excludes halogenated alkanes) is 9. The standard InChI is InChI=1S/C19H39NO3S/c1-3-4-5-6-7-8-9-10-11-12-14-20-19(22)13-15-24-17-18(16-21)23-2/h18,21H,3-17H2,1-2H3,(H,20,22). The van der Waals surface area contributed by atoms with Crippen LogP contribution in [0.2, 0.25) is 0 Å². The Kier molecular flexibility index (Phi) is 18.9. The smallest absolute Gasteiger partial charge is 0.220 e. The first kappa shape index (κ1) is 23.7. The molecule has 0 heterocycles. The van der Waals surface area contributed by atoms with Crippen LogP contribution in [0.1, 0.15) is 77.6 Å². The molecular formula is C19H39NO3S. The van der Waals surface area contributed by atoms with Gasteiger partial charge in [-0.3, -0.25) is 4.79 Å². The van der Waals surface area contributed by atoms with Crippen molar-refractivity contribution in [1.82, 2.24) is 5.32 Å². The summed E-state index contributed by atoms with van der Waals surface area (Å²) < 4.78 is 5.08. The van der Waals surface area contributed by atoms with E-state index in [2.05, 4.69) is 12.2 Å². The Morgan fingerprint density at radius 3 is 2.17 bits per heavy atom. The van der Waals surface area contributed by atoms with E-state index in [4.69, 9.17) is 9.84 Å². The van der Waals surface area contributed by atoms with Gasteiger partial charge in [-0.05, 0) is 6.42 Å². The van der Waals surface area contributed by atoms with Gasteiger partial charge in [0.25, 0.3) is 0 Å². The zero-order chi connectivity index (χ0) is 17.9.